The number of thiophene rings is 2. The van der Waals surface area contributed by atoms with Crippen LogP contribution in [0.3, 0.4) is 0 Å². The second-order valence-electron chi connectivity index (χ2n) is 3.45. The van der Waals surface area contributed by atoms with Crippen LogP contribution in [0.4, 0.5) is 5.00 Å². The van der Waals surface area contributed by atoms with Gasteiger partial charge in [0.2, 0.25) is 0 Å². The molecule has 1 N–H and O–H groups in total. The highest BCUT2D eigenvalue weighted by Crippen LogP contribution is 2.42. The summed E-state index contributed by atoms with van der Waals surface area (Å²) in [7, 11) is 0. The number of amides is 1. The molecule has 0 fully saturated rings. The van der Waals surface area contributed by atoms with Gasteiger partial charge in [-0.1, -0.05) is 0 Å². The van der Waals surface area contributed by atoms with Crippen LogP contribution in [0.5, 0.6) is 0 Å². The Morgan fingerprint density at radius 3 is 2.71 bits per heavy atom. The molecule has 1 aliphatic heterocycles. The van der Waals surface area contributed by atoms with E-state index in [0.717, 1.165) is 28.6 Å². The molecule has 2 nitrogen and oxygen atoms in total. The van der Waals surface area contributed by atoms with Crippen molar-refractivity contribution in [1.82, 2.24) is 0 Å². The van der Waals surface area contributed by atoms with Crippen LogP contribution in [0, 0.1) is 0 Å². The van der Waals surface area contributed by atoms with Crippen LogP contribution in [0.15, 0.2) is 25.8 Å². The number of carbonyl (C=O) groups is 1. The quantitative estimate of drug-likeness (QED) is 0.694. The molecule has 0 unspecified atom stereocenters. The zero-order valence-electron chi connectivity index (χ0n) is 8.29. The highest BCUT2D eigenvalue weighted by atomic mass is 79.9. The van der Waals surface area contributed by atoms with Gasteiger partial charge in [-0.3, -0.25) is 4.79 Å². The summed E-state index contributed by atoms with van der Waals surface area (Å²) in [5.41, 5.74) is 1.72. The van der Waals surface area contributed by atoms with Gasteiger partial charge in [-0.15, -0.1) is 22.7 Å². The summed E-state index contributed by atoms with van der Waals surface area (Å²) in [6, 6.07) is 5.95. The summed E-state index contributed by atoms with van der Waals surface area (Å²) in [5, 5.41) is 3.79. The number of carbonyl (C=O) groups excluding carboxylic acids is 1. The van der Waals surface area contributed by atoms with Crippen LogP contribution in [0.1, 0.15) is 10.4 Å². The lowest BCUT2D eigenvalue weighted by Crippen LogP contribution is -2.03. The molecule has 0 bridgehead atoms. The number of nitrogens with one attached hydrogen (secondary N) is 1. The van der Waals surface area contributed by atoms with Gasteiger partial charge in [-0.2, -0.15) is 0 Å². The van der Waals surface area contributed by atoms with E-state index in [-0.39, 0.29) is 5.91 Å². The SMILES string of the molecule is O=C1Nc2sc(Br)cc2/C1=C/c1ccc(Br)s1. The molecule has 0 aromatic carbocycles. The Hall–Kier alpha value is -0.430. The van der Waals surface area contributed by atoms with E-state index in [2.05, 4.69) is 37.2 Å². The Labute approximate surface area is 123 Å². The first kappa shape index (κ1) is 11.6. The van der Waals surface area contributed by atoms with Crippen molar-refractivity contribution < 1.29 is 4.79 Å². The molecule has 0 spiro atoms. The smallest absolute Gasteiger partial charge is 0.257 e. The van der Waals surface area contributed by atoms with Gasteiger partial charge in [0.15, 0.2) is 0 Å². The van der Waals surface area contributed by atoms with Crippen LogP contribution in [0.2, 0.25) is 0 Å². The second-order valence-corrected chi connectivity index (χ2v) is 8.37. The number of anilines is 1. The minimum atomic E-state index is -0.0247. The number of hydrogen-bond donors (Lipinski definition) is 1. The number of fused-ring (bicyclic) bond motifs is 1. The van der Waals surface area contributed by atoms with Gasteiger partial charge >= 0.3 is 0 Å². The summed E-state index contributed by atoms with van der Waals surface area (Å²) in [6.45, 7) is 0. The monoisotopic (exact) mass is 389 g/mol. The fourth-order valence-corrected chi connectivity index (χ4v) is 4.51. The summed E-state index contributed by atoms with van der Waals surface area (Å²) < 4.78 is 2.09. The normalized spacial score (nSPS) is 16.4. The van der Waals surface area contributed by atoms with Gasteiger partial charge in [0.05, 0.1) is 13.1 Å². The third kappa shape index (κ3) is 2.14. The van der Waals surface area contributed by atoms with Gasteiger partial charge in [0.1, 0.15) is 5.00 Å². The first-order valence-corrected chi connectivity index (χ1v) is 7.93. The predicted molar refractivity (Wildman–Crippen MR) is 80.5 cm³/mol. The van der Waals surface area contributed by atoms with E-state index in [1.165, 1.54) is 11.3 Å². The van der Waals surface area contributed by atoms with Gasteiger partial charge in [-0.05, 0) is 56.1 Å². The lowest BCUT2D eigenvalue weighted by atomic mass is 10.1. The van der Waals surface area contributed by atoms with Crippen molar-refractivity contribution in [2.45, 2.75) is 0 Å². The first-order valence-electron chi connectivity index (χ1n) is 4.71. The Bertz CT molecular complexity index is 642. The highest BCUT2D eigenvalue weighted by Gasteiger charge is 2.26. The Balaban J connectivity index is 2.08. The van der Waals surface area contributed by atoms with Crippen molar-refractivity contribution in [1.29, 1.82) is 0 Å². The summed E-state index contributed by atoms with van der Waals surface area (Å²) >= 11 is 9.99. The molecular weight excluding hydrogens is 386 g/mol. The fraction of sp³-hybridized carbons (Fsp3) is 0. The van der Waals surface area contributed by atoms with Gasteiger partial charge in [0, 0.05) is 10.4 Å². The average molecular weight is 391 g/mol. The maximum Gasteiger partial charge on any atom is 0.257 e. The maximum atomic E-state index is 11.8. The molecule has 0 saturated heterocycles. The molecule has 0 radical (unpaired) electrons. The van der Waals surface area contributed by atoms with E-state index in [1.807, 2.05) is 24.3 Å². The molecule has 3 heterocycles. The Kier molecular flexibility index (Phi) is 2.98. The molecule has 2 aromatic rings. The van der Waals surface area contributed by atoms with E-state index in [1.54, 1.807) is 11.3 Å². The number of rotatable bonds is 1. The van der Waals surface area contributed by atoms with E-state index in [0.29, 0.717) is 0 Å². The predicted octanol–water partition coefficient (Wildman–Crippen LogP) is 4.83. The molecule has 3 rings (SSSR count). The lowest BCUT2D eigenvalue weighted by Gasteiger charge is -1.93. The zero-order valence-corrected chi connectivity index (χ0v) is 13.1. The number of halogens is 2. The standard InChI is InChI=1S/C11H5Br2NOS2/c12-8-2-1-5(16-8)3-6-7-4-9(13)17-11(7)14-10(6)15/h1-4H,(H,14,15)/b6-3-. The van der Waals surface area contributed by atoms with Crippen LogP contribution >= 0.6 is 54.5 Å². The van der Waals surface area contributed by atoms with Gasteiger partial charge in [-0.25, -0.2) is 0 Å². The highest BCUT2D eigenvalue weighted by molar-refractivity contribution is 9.11. The minimum Gasteiger partial charge on any atom is -0.313 e. The third-order valence-electron chi connectivity index (χ3n) is 2.34. The van der Waals surface area contributed by atoms with Crippen molar-refractivity contribution >= 4 is 77.1 Å². The van der Waals surface area contributed by atoms with Crippen molar-refractivity contribution in [3.63, 3.8) is 0 Å². The molecule has 0 atom stereocenters. The molecule has 1 aliphatic rings. The number of hydrogen-bond acceptors (Lipinski definition) is 3. The Morgan fingerprint density at radius 1 is 1.18 bits per heavy atom. The molecule has 86 valence electrons. The summed E-state index contributed by atoms with van der Waals surface area (Å²) in [4.78, 5) is 12.9. The van der Waals surface area contributed by atoms with E-state index < -0.39 is 0 Å². The zero-order chi connectivity index (χ0) is 12.0. The van der Waals surface area contributed by atoms with Crippen LogP contribution in [-0.4, -0.2) is 5.91 Å². The van der Waals surface area contributed by atoms with Crippen LogP contribution in [0.25, 0.3) is 11.6 Å². The van der Waals surface area contributed by atoms with Crippen molar-refractivity contribution in [2.75, 3.05) is 5.32 Å². The Morgan fingerprint density at radius 2 is 2.00 bits per heavy atom. The van der Waals surface area contributed by atoms with Crippen molar-refractivity contribution in [3.05, 3.63) is 36.2 Å². The fourth-order valence-electron chi connectivity index (χ4n) is 1.64. The molecule has 17 heavy (non-hydrogen) atoms. The molecular formula is C11H5Br2NOS2. The van der Waals surface area contributed by atoms with E-state index in [4.69, 9.17) is 0 Å². The van der Waals surface area contributed by atoms with E-state index >= 15 is 0 Å². The largest absolute Gasteiger partial charge is 0.313 e. The molecule has 2 aromatic heterocycles. The molecule has 6 heteroatoms. The summed E-state index contributed by atoms with van der Waals surface area (Å²) in [6.07, 6.45) is 1.93. The molecule has 0 aliphatic carbocycles. The van der Waals surface area contributed by atoms with Gasteiger partial charge in [0.25, 0.3) is 5.91 Å². The van der Waals surface area contributed by atoms with Crippen molar-refractivity contribution in [3.8, 4) is 0 Å². The maximum absolute atomic E-state index is 11.8. The van der Waals surface area contributed by atoms with Crippen molar-refractivity contribution in [2.24, 2.45) is 0 Å². The minimum absolute atomic E-state index is 0.0247. The van der Waals surface area contributed by atoms with Crippen LogP contribution in [-0.2, 0) is 4.79 Å². The van der Waals surface area contributed by atoms with Gasteiger partial charge < -0.3 is 5.32 Å². The average Bonchev–Trinajstić information content (AvgIpc) is 2.87. The third-order valence-corrected chi connectivity index (χ3v) is 5.47. The molecule has 0 saturated carbocycles. The molecule has 1 amide bonds. The van der Waals surface area contributed by atoms with Crippen LogP contribution < -0.4 is 5.32 Å². The topological polar surface area (TPSA) is 29.1 Å². The first-order chi connectivity index (χ1) is 8.13. The summed E-state index contributed by atoms with van der Waals surface area (Å²) in [5.74, 6) is -0.0247. The van der Waals surface area contributed by atoms with E-state index in [9.17, 15) is 4.79 Å². The lowest BCUT2D eigenvalue weighted by molar-refractivity contribution is -0.110. The second kappa shape index (κ2) is 4.35.